The van der Waals surface area contributed by atoms with Crippen molar-refractivity contribution in [3.8, 4) is 0 Å². The summed E-state index contributed by atoms with van der Waals surface area (Å²) in [6.45, 7) is 0.436. The fraction of sp³-hybridized carbons (Fsp3) is 0.148. The number of carbonyl (C=O) groups excluding carboxylic acids is 1. The fourth-order valence-corrected chi connectivity index (χ4v) is 3.86. The Balaban J connectivity index is 1.58. The molecule has 0 saturated carbocycles. The summed E-state index contributed by atoms with van der Waals surface area (Å²) in [4.78, 5) is 12.5. The van der Waals surface area contributed by atoms with Crippen LogP contribution in [0.4, 0.5) is 28.9 Å². The molecule has 3 aromatic rings. The minimum Gasteiger partial charge on any atom is -0.391 e. The van der Waals surface area contributed by atoms with Crippen molar-refractivity contribution in [1.29, 1.82) is 0 Å². The minimum absolute atomic E-state index is 0.408. The maximum atomic E-state index is 13.4. The van der Waals surface area contributed by atoms with Gasteiger partial charge in [0.15, 0.2) is 0 Å². The SMILES string of the molecule is O=C(/C=C/C=C(/c1ccc(F)cc1)c1ccc(C(F)(F)F)cc1)Nc1cccc2c1CC(O)CN2. The van der Waals surface area contributed by atoms with E-state index in [9.17, 15) is 27.5 Å². The molecule has 1 aliphatic rings. The van der Waals surface area contributed by atoms with Gasteiger partial charge in [-0.1, -0.05) is 42.5 Å². The summed E-state index contributed by atoms with van der Waals surface area (Å²) < 4.78 is 52.3. The van der Waals surface area contributed by atoms with Crippen molar-refractivity contribution in [2.75, 3.05) is 17.2 Å². The van der Waals surface area contributed by atoms with E-state index in [1.807, 2.05) is 6.07 Å². The molecule has 0 saturated heterocycles. The Hall–Kier alpha value is -3.91. The van der Waals surface area contributed by atoms with Gasteiger partial charge in [0, 0.05) is 36.0 Å². The maximum Gasteiger partial charge on any atom is 0.416 e. The van der Waals surface area contributed by atoms with Crippen molar-refractivity contribution in [2.24, 2.45) is 0 Å². The molecule has 3 aromatic carbocycles. The van der Waals surface area contributed by atoms with Gasteiger partial charge in [-0.15, -0.1) is 0 Å². The first-order valence-electron chi connectivity index (χ1n) is 10.9. The van der Waals surface area contributed by atoms with Gasteiger partial charge in [0.05, 0.1) is 11.7 Å². The van der Waals surface area contributed by atoms with Gasteiger partial charge >= 0.3 is 6.18 Å². The van der Waals surface area contributed by atoms with E-state index in [0.29, 0.717) is 35.4 Å². The number of rotatable bonds is 5. The second-order valence-corrected chi connectivity index (χ2v) is 8.08. The van der Waals surface area contributed by atoms with Gasteiger partial charge in [-0.05, 0) is 53.1 Å². The number of fused-ring (bicyclic) bond motifs is 1. The molecule has 1 amide bonds. The summed E-state index contributed by atoms with van der Waals surface area (Å²) in [7, 11) is 0. The van der Waals surface area contributed by atoms with Crippen LogP contribution < -0.4 is 10.6 Å². The van der Waals surface area contributed by atoms with E-state index in [2.05, 4.69) is 10.6 Å². The maximum absolute atomic E-state index is 13.4. The predicted molar refractivity (Wildman–Crippen MR) is 127 cm³/mol. The van der Waals surface area contributed by atoms with E-state index in [1.54, 1.807) is 18.2 Å². The number of aliphatic hydroxyl groups excluding tert-OH is 1. The zero-order valence-corrected chi connectivity index (χ0v) is 18.4. The molecule has 0 radical (unpaired) electrons. The molecule has 35 heavy (non-hydrogen) atoms. The summed E-state index contributed by atoms with van der Waals surface area (Å²) >= 11 is 0. The van der Waals surface area contributed by atoms with E-state index in [0.717, 1.165) is 23.4 Å². The summed E-state index contributed by atoms with van der Waals surface area (Å²) in [5.74, 6) is -0.859. The smallest absolute Gasteiger partial charge is 0.391 e. The van der Waals surface area contributed by atoms with Crippen LogP contribution in [0.15, 0.2) is 85.0 Å². The van der Waals surface area contributed by atoms with Gasteiger partial charge in [-0.3, -0.25) is 4.79 Å². The monoisotopic (exact) mass is 482 g/mol. The number of hydrogen-bond acceptors (Lipinski definition) is 3. The number of aliphatic hydroxyl groups is 1. The third-order valence-corrected chi connectivity index (χ3v) is 5.59. The van der Waals surface area contributed by atoms with Crippen molar-refractivity contribution in [1.82, 2.24) is 0 Å². The number of alkyl halides is 3. The Labute approximate surface area is 199 Å². The molecule has 1 atom stereocenters. The molecule has 1 aliphatic heterocycles. The normalized spacial score (nSPS) is 16.0. The number of hydrogen-bond donors (Lipinski definition) is 3. The van der Waals surface area contributed by atoms with Gasteiger partial charge in [0.1, 0.15) is 5.82 Å². The van der Waals surface area contributed by atoms with Gasteiger partial charge < -0.3 is 15.7 Å². The highest BCUT2D eigenvalue weighted by Gasteiger charge is 2.30. The first kappa shape index (κ1) is 24.2. The number of amides is 1. The number of anilines is 2. The van der Waals surface area contributed by atoms with Gasteiger partial charge in [-0.25, -0.2) is 4.39 Å². The lowest BCUT2D eigenvalue weighted by Gasteiger charge is -2.24. The lowest BCUT2D eigenvalue weighted by molar-refractivity contribution is -0.137. The van der Waals surface area contributed by atoms with E-state index >= 15 is 0 Å². The molecule has 4 nitrogen and oxygen atoms in total. The van der Waals surface area contributed by atoms with Gasteiger partial charge in [0.25, 0.3) is 0 Å². The Bertz CT molecular complexity index is 1260. The van der Waals surface area contributed by atoms with Crippen LogP contribution in [0, 0.1) is 5.82 Å². The van der Waals surface area contributed by atoms with Gasteiger partial charge in [-0.2, -0.15) is 13.2 Å². The fourth-order valence-electron chi connectivity index (χ4n) is 3.86. The van der Waals surface area contributed by atoms with E-state index in [4.69, 9.17) is 0 Å². The second kappa shape index (κ2) is 10.1. The first-order chi connectivity index (χ1) is 16.7. The molecule has 3 N–H and O–H groups in total. The summed E-state index contributed by atoms with van der Waals surface area (Å²) in [5, 5.41) is 15.8. The number of nitrogens with one attached hydrogen (secondary N) is 2. The van der Waals surface area contributed by atoms with Crippen LogP contribution in [0.1, 0.15) is 22.3 Å². The molecule has 0 bridgehead atoms. The Morgan fingerprint density at radius 2 is 1.66 bits per heavy atom. The zero-order chi connectivity index (χ0) is 25.0. The molecule has 0 fully saturated rings. The quantitative estimate of drug-likeness (QED) is 0.245. The molecular weight excluding hydrogens is 460 g/mol. The first-order valence-corrected chi connectivity index (χ1v) is 10.9. The lowest BCUT2D eigenvalue weighted by Crippen LogP contribution is -2.28. The Morgan fingerprint density at radius 3 is 2.31 bits per heavy atom. The average Bonchev–Trinajstić information content (AvgIpc) is 2.83. The third-order valence-electron chi connectivity index (χ3n) is 5.59. The number of halogens is 4. The highest BCUT2D eigenvalue weighted by atomic mass is 19.4. The van der Waals surface area contributed by atoms with E-state index in [-0.39, 0.29) is 0 Å². The highest BCUT2D eigenvalue weighted by molar-refractivity contribution is 6.00. The minimum atomic E-state index is -4.46. The molecule has 8 heteroatoms. The summed E-state index contributed by atoms with van der Waals surface area (Å²) in [5.41, 5.74) is 3.03. The predicted octanol–water partition coefficient (Wildman–Crippen LogP) is 5.80. The van der Waals surface area contributed by atoms with Crippen molar-refractivity contribution in [3.63, 3.8) is 0 Å². The molecular formula is C27H22F4N2O2. The molecule has 0 spiro atoms. The topological polar surface area (TPSA) is 61.4 Å². The largest absolute Gasteiger partial charge is 0.416 e. The van der Waals surface area contributed by atoms with Gasteiger partial charge in [0.2, 0.25) is 5.91 Å². The van der Waals surface area contributed by atoms with Crippen molar-refractivity contribution >= 4 is 22.9 Å². The molecule has 1 heterocycles. The average molecular weight is 482 g/mol. The number of benzene rings is 3. The zero-order valence-electron chi connectivity index (χ0n) is 18.4. The van der Waals surface area contributed by atoms with Crippen LogP contribution >= 0.6 is 0 Å². The molecule has 0 aromatic heterocycles. The molecule has 1 unspecified atom stereocenters. The van der Waals surface area contributed by atoms with Crippen LogP contribution in [0.5, 0.6) is 0 Å². The third kappa shape index (κ3) is 5.96. The lowest BCUT2D eigenvalue weighted by atomic mass is 9.96. The number of carbonyl (C=O) groups is 1. The molecule has 4 rings (SSSR count). The summed E-state index contributed by atoms with van der Waals surface area (Å²) in [6, 6.07) is 15.6. The van der Waals surface area contributed by atoms with Crippen LogP contribution in [0.25, 0.3) is 5.57 Å². The standard InChI is InChI=1S/C27H22F4N2O2/c28-20-13-9-18(10-14-20)22(17-7-11-19(12-8-17)27(29,30)31)3-1-6-26(35)33-25-5-2-4-24-23(25)15-21(34)16-32-24/h1-14,21,32,34H,15-16H2,(H,33,35)/b6-1+,22-3+. The number of allylic oxidation sites excluding steroid dienone is 2. The van der Waals surface area contributed by atoms with Crippen LogP contribution in [0.3, 0.4) is 0 Å². The van der Waals surface area contributed by atoms with Crippen LogP contribution in [0.2, 0.25) is 0 Å². The molecule has 180 valence electrons. The molecule has 0 aliphatic carbocycles. The van der Waals surface area contributed by atoms with Crippen molar-refractivity contribution in [3.05, 3.63) is 113 Å². The van der Waals surface area contributed by atoms with Crippen LogP contribution in [-0.2, 0) is 17.4 Å². The Kier molecular flexibility index (Phi) is 7.02. The van der Waals surface area contributed by atoms with E-state index < -0.39 is 29.6 Å². The van der Waals surface area contributed by atoms with Crippen molar-refractivity contribution in [2.45, 2.75) is 18.7 Å². The van der Waals surface area contributed by atoms with Crippen LogP contribution in [-0.4, -0.2) is 23.7 Å². The highest BCUT2D eigenvalue weighted by Crippen LogP contribution is 2.32. The second-order valence-electron chi connectivity index (χ2n) is 8.08. The summed E-state index contributed by atoms with van der Waals surface area (Å²) in [6.07, 6.45) is -0.250. The van der Waals surface area contributed by atoms with Crippen molar-refractivity contribution < 1.29 is 27.5 Å². The number of β-amino-alcohol motifs (C(OH)–C–C–N with tert-alkyl or cyclic N) is 1. The van der Waals surface area contributed by atoms with E-state index in [1.165, 1.54) is 48.6 Å². The Morgan fingerprint density at radius 1 is 1.00 bits per heavy atom.